The van der Waals surface area contributed by atoms with Crippen molar-refractivity contribution in [2.45, 2.75) is 65.1 Å². The molecule has 0 N–H and O–H groups in total. The van der Waals surface area contributed by atoms with Gasteiger partial charge in [0, 0.05) is 0 Å². The largest absolute Gasteiger partial charge is 0.546 e. The number of carbonyl (C=O) groups excluding carboxylic acids is 2. The summed E-state index contributed by atoms with van der Waals surface area (Å²) < 4.78 is 30.9. The molecule has 0 radical (unpaired) electrons. The molecule has 0 spiro atoms. The minimum atomic E-state index is -2.24. The van der Waals surface area contributed by atoms with Gasteiger partial charge in [-0.3, -0.25) is 9.59 Å². The average molecular weight is 451 g/mol. The molecule has 1 aliphatic carbocycles. The lowest BCUT2D eigenvalue weighted by Gasteiger charge is -2.42. The summed E-state index contributed by atoms with van der Waals surface area (Å²) in [5.41, 5.74) is 0.707. The fourth-order valence-electron chi connectivity index (χ4n) is 3.55. The monoisotopic (exact) mass is 450 g/mol. The molecule has 1 aromatic carbocycles. The standard InChI is InChI=1S/C24H35FO5Si/c1-8-28-22(26)18-14-15-19(30-31(6,7)24(3,4)5)20(21(18)23(27)29-9-2)16-10-12-17(25)13-11-16/h10-13,15,18,20-21H,8-9,14H2,1-7H3/t18-,20+,21+/m0/s1. The molecule has 7 heteroatoms. The number of halogens is 1. The Morgan fingerprint density at radius 1 is 1.03 bits per heavy atom. The number of ether oxygens (including phenoxy) is 2. The van der Waals surface area contributed by atoms with Crippen molar-refractivity contribution < 1.29 is 27.9 Å². The lowest BCUT2D eigenvalue weighted by molar-refractivity contribution is -0.161. The second-order valence-electron chi connectivity index (χ2n) is 9.37. The molecular formula is C24H35FO5Si. The molecule has 0 saturated carbocycles. The van der Waals surface area contributed by atoms with E-state index in [-0.39, 0.29) is 24.1 Å². The van der Waals surface area contributed by atoms with Gasteiger partial charge < -0.3 is 13.9 Å². The Balaban J connectivity index is 2.60. The third-order valence-electron chi connectivity index (χ3n) is 6.23. The summed E-state index contributed by atoms with van der Waals surface area (Å²) in [6, 6.07) is 6.00. The highest BCUT2D eigenvalue weighted by molar-refractivity contribution is 6.74. The van der Waals surface area contributed by atoms with Crippen LogP contribution in [-0.4, -0.2) is 33.5 Å². The average Bonchev–Trinajstić information content (AvgIpc) is 2.67. The Labute approximate surface area is 186 Å². The van der Waals surface area contributed by atoms with Gasteiger partial charge in [0.05, 0.1) is 36.7 Å². The molecular weight excluding hydrogens is 415 g/mol. The number of rotatable bonds is 7. The molecule has 0 heterocycles. The van der Waals surface area contributed by atoms with Gasteiger partial charge in [0.15, 0.2) is 0 Å². The molecule has 1 aliphatic rings. The van der Waals surface area contributed by atoms with E-state index in [9.17, 15) is 14.0 Å². The van der Waals surface area contributed by atoms with Gasteiger partial charge in [0.2, 0.25) is 8.32 Å². The Kier molecular flexibility index (Phi) is 8.08. The molecule has 0 bridgehead atoms. The molecule has 31 heavy (non-hydrogen) atoms. The number of allylic oxidation sites excluding steroid dienone is 2. The number of hydrogen-bond acceptors (Lipinski definition) is 5. The Bertz CT molecular complexity index is 810. The summed E-state index contributed by atoms with van der Waals surface area (Å²) in [5.74, 6) is -2.69. The highest BCUT2D eigenvalue weighted by Gasteiger charge is 2.49. The number of esters is 2. The highest BCUT2D eigenvalue weighted by Crippen LogP contribution is 2.47. The maximum atomic E-state index is 13.7. The van der Waals surface area contributed by atoms with Crippen molar-refractivity contribution in [3.63, 3.8) is 0 Å². The van der Waals surface area contributed by atoms with Crippen molar-refractivity contribution in [3.8, 4) is 0 Å². The van der Waals surface area contributed by atoms with Crippen LogP contribution >= 0.6 is 0 Å². The van der Waals surface area contributed by atoms with Gasteiger partial charge in [-0.25, -0.2) is 4.39 Å². The van der Waals surface area contributed by atoms with Crippen molar-refractivity contribution in [2.24, 2.45) is 11.8 Å². The van der Waals surface area contributed by atoms with Crippen molar-refractivity contribution in [2.75, 3.05) is 13.2 Å². The minimum Gasteiger partial charge on any atom is -0.546 e. The zero-order chi connectivity index (χ0) is 23.4. The first-order chi connectivity index (χ1) is 14.4. The van der Waals surface area contributed by atoms with Crippen LogP contribution in [0.2, 0.25) is 18.1 Å². The van der Waals surface area contributed by atoms with Crippen LogP contribution < -0.4 is 0 Å². The number of carbonyl (C=O) groups is 2. The molecule has 172 valence electrons. The molecule has 2 rings (SSSR count). The fraction of sp³-hybridized carbons (Fsp3) is 0.583. The first-order valence-corrected chi connectivity index (χ1v) is 13.8. The van der Waals surface area contributed by atoms with Crippen molar-refractivity contribution in [1.29, 1.82) is 0 Å². The van der Waals surface area contributed by atoms with E-state index in [2.05, 4.69) is 33.9 Å². The summed E-state index contributed by atoms with van der Waals surface area (Å²) in [7, 11) is -2.24. The Hall–Kier alpha value is -2.15. The molecule has 0 aliphatic heterocycles. The van der Waals surface area contributed by atoms with Crippen LogP contribution in [0, 0.1) is 17.7 Å². The molecule has 0 amide bonds. The van der Waals surface area contributed by atoms with E-state index < -0.39 is 38.0 Å². The van der Waals surface area contributed by atoms with E-state index >= 15 is 0 Å². The van der Waals surface area contributed by atoms with Crippen molar-refractivity contribution >= 4 is 20.3 Å². The summed E-state index contributed by atoms with van der Waals surface area (Å²) >= 11 is 0. The quantitative estimate of drug-likeness (QED) is 0.401. The van der Waals surface area contributed by atoms with Gasteiger partial charge in [-0.1, -0.05) is 32.9 Å². The van der Waals surface area contributed by atoms with Crippen LogP contribution in [0.4, 0.5) is 4.39 Å². The summed E-state index contributed by atoms with van der Waals surface area (Å²) in [6.45, 7) is 14.6. The summed E-state index contributed by atoms with van der Waals surface area (Å²) in [6.07, 6.45) is 2.22. The molecule has 1 aromatic rings. The third kappa shape index (κ3) is 5.76. The normalized spacial score (nSPS) is 21.8. The van der Waals surface area contributed by atoms with E-state index in [1.54, 1.807) is 26.0 Å². The smallest absolute Gasteiger partial charge is 0.310 e. The number of benzene rings is 1. The predicted octanol–water partition coefficient (Wildman–Crippen LogP) is 5.58. The van der Waals surface area contributed by atoms with E-state index in [4.69, 9.17) is 13.9 Å². The van der Waals surface area contributed by atoms with Crippen LogP contribution in [-0.2, 0) is 23.5 Å². The van der Waals surface area contributed by atoms with Gasteiger partial charge in [-0.2, -0.15) is 0 Å². The first-order valence-electron chi connectivity index (χ1n) is 10.9. The maximum absolute atomic E-state index is 13.7. The second kappa shape index (κ2) is 9.98. The van der Waals surface area contributed by atoms with Gasteiger partial charge >= 0.3 is 11.9 Å². The fourth-order valence-corrected chi connectivity index (χ4v) is 4.66. The third-order valence-corrected chi connectivity index (χ3v) is 10.6. The predicted molar refractivity (Wildman–Crippen MR) is 120 cm³/mol. The summed E-state index contributed by atoms with van der Waals surface area (Å²) in [4.78, 5) is 25.8. The van der Waals surface area contributed by atoms with E-state index in [1.165, 1.54) is 12.1 Å². The van der Waals surface area contributed by atoms with Crippen LogP contribution in [0.25, 0.3) is 0 Å². The summed E-state index contributed by atoms with van der Waals surface area (Å²) in [5, 5.41) is -0.0569. The number of hydrogen-bond donors (Lipinski definition) is 0. The van der Waals surface area contributed by atoms with Crippen LogP contribution in [0.15, 0.2) is 36.1 Å². The topological polar surface area (TPSA) is 61.8 Å². The van der Waals surface area contributed by atoms with Gasteiger partial charge in [-0.05, 0) is 62.2 Å². The van der Waals surface area contributed by atoms with E-state index in [1.807, 2.05) is 6.08 Å². The maximum Gasteiger partial charge on any atom is 0.310 e. The van der Waals surface area contributed by atoms with Gasteiger partial charge in [0.25, 0.3) is 0 Å². The first kappa shape index (κ1) is 25.1. The van der Waals surface area contributed by atoms with Crippen molar-refractivity contribution in [1.82, 2.24) is 0 Å². The molecule has 0 saturated heterocycles. The minimum absolute atomic E-state index is 0.0569. The molecule has 0 fully saturated rings. The zero-order valence-electron chi connectivity index (χ0n) is 19.7. The SMILES string of the molecule is CCOC(=O)[C@@H]1[C@@H](C(=O)OCC)CC=C(O[Si](C)(C)C(C)(C)C)[C@H]1c1ccc(F)cc1. The molecule has 0 unspecified atom stereocenters. The van der Waals surface area contributed by atoms with Crippen LogP contribution in [0.1, 0.15) is 52.5 Å². The van der Waals surface area contributed by atoms with Crippen LogP contribution in [0.5, 0.6) is 0 Å². The Morgan fingerprint density at radius 2 is 1.58 bits per heavy atom. The molecule has 5 nitrogen and oxygen atoms in total. The Morgan fingerprint density at radius 3 is 2.10 bits per heavy atom. The zero-order valence-corrected chi connectivity index (χ0v) is 20.7. The highest BCUT2D eigenvalue weighted by atomic mass is 28.4. The second-order valence-corrected chi connectivity index (χ2v) is 14.1. The lowest BCUT2D eigenvalue weighted by Crippen LogP contribution is -2.45. The molecule has 0 aromatic heterocycles. The lowest BCUT2D eigenvalue weighted by atomic mass is 9.71. The van der Waals surface area contributed by atoms with Gasteiger partial charge in [0.1, 0.15) is 5.82 Å². The molecule has 3 atom stereocenters. The van der Waals surface area contributed by atoms with Crippen molar-refractivity contribution in [3.05, 3.63) is 47.5 Å². The van der Waals surface area contributed by atoms with E-state index in [0.29, 0.717) is 17.7 Å². The van der Waals surface area contributed by atoms with E-state index in [0.717, 1.165) is 0 Å². The van der Waals surface area contributed by atoms with Crippen LogP contribution in [0.3, 0.4) is 0 Å². The van der Waals surface area contributed by atoms with Gasteiger partial charge in [-0.15, -0.1) is 0 Å².